The summed E-state index contributed by atoms with van der Waals surface area (Å²) < 4.78 is 7.30. The summed E-state index contributed by atoms with van der Waals surface area (Å²) in [6, 6.07) is 18.3. The van der Waals surface area contributed by atoms with E-state index < -0.39 is 6.04 Å². The summed E-state index contributed by atoms with van der Waals surface area (Å²) in [4.78, 5) is 33.7. The molecular weight excluding hydrogens is 492 g/mol. The predicted octanol–water partition coefficient (Wildman–Crippen LogP) is 4.02. The first-order chi connectivity index (χ1) is 19.0. The van der Waals surface area contributed by atoms with E-state index in [1.165, 1.54) is 0 Å². The molecule has 5 rings (SSSR count). The van der Waals surface area contributed by atoms with Gasteiger partial charge in [0.25, 0.3) is 0 Å². The van der Waals surface area contributed by atoms with Gasteiger partial charge >= 0.3 is 0 Å². The number of nitrogens with zero attached hydrogens (tertiary/aromatic N) is 5. The summed E-state index contributed by atoms with van der Waals surface area (Å²) in [6.07, 6.45) is 5.29. The lowest BCUT2D eigenvalue weighted by atomic mass is 9.97. The lowest BCUT2D eigenvalue weighted by Crippen LogP contribution is -2.46. The number of hydrogen-bond acceptors (Lipinski definition) is 6. The van der Waals surface area contributed by atoms with E-state index in [0.717, 1.165) is 35.0 Å². The lowest BCUT2D eigenvalue weighted by Gasteiger charge is -2.32. The summed E-state index contributed by atoms with van der Waals surface area (Å²) in [5, 5.41) is 11.5. The number of carbonyl (C=O) groups is 2. The second-order valence-corrected chi connectivity index (χ2v) is 10.2. The molecule has 4 aromatic rings. The Bertz CT molecular complexity index is 1400. The average Bonchev–Trinajstić information content (AvgIpc) is 3.63. The van der Waals surface area contributed by atoms with E-state index >= 15 is 0 Å². The topological polar surface area (TPSA) is 102 Å². The van der Waals surface area contributed by atoms with Gasteiger partial charge in [-0.2, -0.15) is 0 Å². The lowest BCUT2D eigenvalue weighted by molar-refractivity contribution is -0.142. The summed E-state index contributed by atoms with van der Waals surface area (Å²) in [7, 11) is 0. The summed E-state index contributed by atoms with van der Waals surface area (Å²) in [5.41, 5.74) is 4.19. The van der Waals surface area contributed by atoms with Crippen molar-refractivity contribution in [3.8, 4) is 0 Å². The number of ether oxygens (including phenoxy) is 1. The van der Waals surface area contributed by atoms with Gasteiger partial charge in [-0.15, -0.1) is 5.10 Å². The van der Waals surface area contributed by atoms with Crippen LogP contribution in [0.25, 0.3) is 11.0 Å². The third kappa shape index (κ3) is 6.31. The Hall–Kier alpha value is -4.11. The maximum absolute atomic E-state index is 14.0. The highest BCUT2D eigenvalue weighted by atomic mass is 16.5. The van der Waals surface area contributed by atoms with Crippen molar-refractivity contribution in [3.63, 3.8) is 0 Å². The van der Waals surface area contributed by atoms with Gasteiger partial charge in [0.15, 0.2) is 0 Å². The quantitative estimate of drug-likeness (QED) is 0.335. The molecule has 9 heteroatoms. The number of carbonyl (C=O) groups excluding carboxylic acids is 2. The second-order valence-electron chi connectivity index (χ2n) is 10.2. The Kier molecular flexibility index (Phi) is 8.27. The Balaban J connectivity index is 1.49. The molecule has 1 aliphatic rings. The van der Waals surface area contributed by atoms with Gasteiger partial charge in [0.1, 0.15) is 18.1 Å². The van der Waals surface area contributed by atoms with Crippen molar-refractivity contribution >= 4 is 22.8 Å². The van der Waals surface area contributed by atoms with Crippen molar-refractivity contribution in [2.75, 3.05) is 13.2 Å². The number of benzene rings is 2. The molecule has 0 bridgehead atoms. The molecule has 0 spiro atoms. The highest BCUT2D eigenvalue weighted by Gasteiger charge is 2.33. The van der Waals surface area contributed by atoms with Crippen molar-refractivity contribution in [1.82, 2.24) is 30.2 Å². The van der Waals surface area contributed by atoms with E-state index in [4.69, 9.17) is 4.74 Å². The first-order valence-corrected chi connectivity index (χ1v) is 13.5. The smallest absolute Gasteiger partial charge is 0.247 e. The van der Waals surface area contributed by atoms with Crippen LogP contribution in [0.1, 0.15) is 55.3 Å². The molecule has 2 amide bonds. The summed E-state index contributed by atoms with van der Waals surface area (Å²) >= 11 is 0. The van der Waals surface area contributed by atoms with Gasteiger partial charge in [0, 0.05) is 32.1 Å². The minimum absolute atomic E-state index is 0.0121. The van der Waals surface area contributed by atoms with Crippen molar-refractivity contribution < 1.29 is 14.3 Å². The van der Waals surface area contributed by atoms with Gasteiger partial charge in [-0.05, 0) is 53.6 Å². The van der Waals surface area contributed by atoms with E-state index in [-0.39, 0.29) is 31.0 Å². The molecule has 202 valence electrons. The van der Waals surface area contributed by atoms with Crippen LogP contribution in [0.15, 0.2) is 73.1 Å². The Morgan fingerprint density at radius 1 is 1.08 bits per heavy atom. The van der Waals surface area contributed by atoms with E-state index in [1.54, 1.807) is 22.0 Å². The van der Waals surface area contributed by atoms with E-state index in [1.807, 2.05) is 60.7 Å². The first-order valence-electron chi connectivity index (χ1n) is 13.5. The molecule has 9 nitrogen and oxygen atoms in total. The van der Waals surface area contributed by atoms with E-state index in [0.29, 0.717) is 24.6 Å². The van der Waals surface area contributed by atoms with Gasteiger partial charge in [-0.1, -0.05) is 61.5 Å². The molecule has 0 saturated carbocycles. The minimum Gasteiger partial charge on any atom is -0.376 e. The molecule has 0 radical (unpaired) electrons. The fourth-order valence-electron chi connectivity index (χ4n) is 4.92. The third-order valence-electron chi connectivity index (χ3n) is 7.11. The van der Waals surface area contributed by atoms with Crippen molar-refractivity contribution in [2.24, 2.45) is 0 Å². The SMILES string of the molecule is CC(C)c1ccc([C@@H](C(=O)NC[C@H]2CCCO2)N(Cc2cccnc2)C(=O)Cn2nnc3ccccc32)cc1. The van der Waals surface area contributed by atoms with Crippen LogP contribution in [-0.2, 0) is 27.4 Å². The fraction of sp³-hybridized carbons (Fsp3) is 0.367. The van der Waals surface area contributed by atoms with Crippen LogP contribution in [0.4, 0.5) is 0 Å². The van der Waals surface area contributed by atoms with Crippen LogP contribution in [0, 0.1) is 0 Å². The maximum atomic E-state index is 14.0. The van der Waals surface area contributed by atoms with Gasteiger partial charge < -0.3 is 15.0 Å². The Labute approximate surface area is 228 Å². The highest BCUT2D eigenvalue weighted by Crippen LogP contribution is 2.27. The van der Waals surface area contributed by atoms with Crippen LogP contribution >= 0.6 is 0 Å². The maximum Gasteiger partial charge on any atom is 0.247 e. The number of aromatic nitrogens is 4. The monoisotopic (exact) mass is 526 g/mol. The van der Waals surface area contributed by atoms with Gasteiger partial charge in [0.05, 0.1) is 11.6 Å². The van der Waals surface area contributed by atoms with Crippen LogP contribution < -0.4 is 5.32 Å². The largest absolute Gasteiger partial charge is 0.376 e. The molecule has 1 N–H and O–H groups in total. The van der Waals surface area contributed by atoms with Crippen LogP contribution in [0.5, 0.6) is 0 Å². The molecule has 2 aromatic heterocycles. The minimum atomic E-state index is -0.852. The van der Waals surface area contributed by atoms with Gasteiger partial charge in [-0.25, -0.2) is 4.68 Å². The normalized spacial score (nSPS) is 15.9. The zero-order valence-corrected chi connectivity index (χ0v) is 22.4. The average molecular weight is 527 g/mol. The molecular formula is C30H34N6O3. The van der Waals surface area contributed by atoms with Crippen LogP contribution in [0.3, 0.4) is 0 Å². The number of para-hydroxylation sites is 1. The van der Waals surface area contributed by atoms with Crippen molar-refractivity contribution in [2.45, 2.75) is 57.8 Å². The van der Waals surface area contributed by atoms with Crippen LogP contribution in [0.2, 0.25) is 0 Å². The third-order valence-corrected chi connectivity index (χ3v) is 7.11. The molecule has 1 fully saturated rings. The molecule has 2 aromatic carbocycles. The molecule has 3 heterocycles. The zero-order chi connectivity index (χ0) is 27.2. The summed E-state index contributed by atoms with van der Waals surface area (Å²) in [5.74, 6) is -0.150. The highest BCUT2D eigenvalue weighted by molar-refractivity contribution is 5.89. The second kappa shape index (κ2) is 12.2. The standard InChI is InChI=1S/C30H34N6O3/c1-21(2)23-11-13-24(14-12-23)29(30(38)32-18-25-8-6-16-39-25)35(19-22-7-5-15-31-17-22)28(37)20-36-27-10-4-3-9-26(27)33-34-36/h3-5,7,9-15,17,21,25,29H,6,8,16,18-20H2,1-2H3,(H,32,38)/t25-,29+/m1/s1. The van der Waals surface area contributed by atoms with E-state index in [2.05, 4.69) is 34.5 Å². The van der Waals surface area contributed by atoms with Crippen molar-refractivity contribution in [3.05, 3.63) is 89.7 Å². The molecule has 2 atom stereocenters. The van der Waals surface area contributed by atoms with Crippen LogP contribution in [-0.4, -0.2) is 55.9 Å². The number of pyridine rings is 1. The fourth-order valence-corrected chi connectivity index (χ4v) is 4.92. The Morgan fingerprint density at radius 3 is 2.59 bits per heavy atom. The van der Waals surface area contributed by atoms with Gasteiger partial charge in [-0.3, -0.25) is 14.6 Å². The number of fused-ring (bicyclic) bond motifs is 1. The molecule has 1 aliphatic heterocycles. The number of amides is 2. The number of nitrogens with one attached hydrogen (secondary N) is 1. The molecule has 0 aliphatic carbocycles. The predicted molar refractivity (Wildman–Crippen MR) is 148 cm³/mol. The zero-order valence-electron chi connectivity index (χ0n) is 22.4. The molecule has 1 saturated heterocycles. The van der Waals surface area contributed by atoms with Gasteiger partial charge in [0.2, 0.25) is 11.8 Å². The summed E-state index contributed by atoms with van der Waals surface area (Å²) in [6.45, 7) is 5.52. The van der Waals surface area contributed by atoms with E-state index in [9.17, 15) is 9.59 Å². The number of rotatable bonds is 10. The van der Waals surface area contributed by atoms with Crippen molar-refractivity contribution in [1.29, 1.82) is 0 Å². The molecule has 39 heavy (non-hydrogen) atoms. The first kappa shape index (κ1) is 26.5. The Morgan fingerprint density at radius 2 is 1.87 bits per heavy atom. The number of hydrogen-bond donors (Lipinski definition) is 1. The molecule has 0 unspecified atom stereocenters.